The zero-order chi connectivity index (χ0) is 16.5. The molecule has 1 aromatic heterocycles. The van der Waals surface area contributed by atoms with Crippen LogP contribution in [0.1, 0.15) is 17.7 Å². The number of hydrogen-bond acceptors (Lipinski definition) is 5. The zero-order valence-electron chi connectivity index (χ0n) is 13.6. The Morgan fingerprint density at radius 2 is 1.87 bits per heavy atom. The quantitative estimate of drug-likeness (QED) is 0.687. The minimum atomic E-state index is 0.646. The molecule has 23 heavy (non-hydrogen) atoms. The third-order valence-corrected chi connectivity index (χ3v) is 3.55. The minimum Gasteiger partial charge on any atom is -0.385 e. The van der Waals surface area contributed by atoms with Gasteiger partial charge in [0.1, 0.15) is 5.82 Å². The number of methoxy groups -OCH3 is 1. The van der Waals surface area contributed by atoms with Gasteiger partial charge in [-0.3, -0.25) is 0 Å². The number of aryl methyl sites for hydroxylation is 1. The summed E-state index contributed by atoms with van der Waals surface area (Å²) in [6.07, 6.45) is 1.84. The summed E-state index contributed by atoms with van der Waals surface area (Å²) in [6.45, 7) is 4.30. The van der Waals surface area contributed by atoms with Gasteiger partial charge in [0.2, 0.25) is 5.95 Å². The van der Waals surface area contributed by atoms with Crippen LogP contribution in [0.25, 0.3) is 0 Å². The summed E-state index contributed by atoms with van der Waals surface area (Å²) in [5.74, 6) is 1.48. The Labute approximate surface area is 142 Å². The second-order valence-corrected chi connectivity index (χ2v) is 5.73. The Kier molecular flexibility index (Phi) is 7.10. The van der Waals surface area contributed by atoms with Crippen LogP contribution in [0, 0.1) is 6.92 Å². The van der Waals surface area contributed by atoms with Crippen molar-refractivity contribution in [2.24, 2.45) is 0 Å². The molecule has 0 fully saturated rings. The summed E-state index contributed by atoms with van der Waals surface area (Å²) in [5, 5.41) is 7.32. The maximum atomic E-state index is 5.89. The van der Waals surface area contributed by atoms with Gasteiger partial charge >= 0.3 is 0 Å². The van der Waals surface area contributed by atoms with E-state index < -0.39 is 0 Å². The molecule has 0 spiro atoms. The number of nitrogens with zero attached hydrogens (tertiary/aromatic N) is 2. The number of hydrogen-bond donors (Lipinski definition) is 2. The van der Waals surface area contributed by atoms with Gasteiger partial charge in [0.25, 0.3) is 0 Å². The summed E-state index contributed by atoms with van der Waals surface area (Å²) in [6, 6.07) is 9.81. The van der Waals surface area contributed by atoms with Gasteiger partial charge in [-0.05, 0) is 37.5 Å². The molecule has 1 heterocycles. The molecule has 0 aliphatic carbocycles. The molecule has 0 radical (unpaired) electrons. The van der Waals surface area contributed by atoms with Gasteiger partial charge in [-0.1, -0.05) is 23.7 Å². The lowest BCUT2D eigenvalue weighted by atomic mass is 10.1. The maximum Gasteiger partial charge on any atom is 0.224 e. The van der Waals surface area contributed by atoms with Crippen LogP contribution in [0.2, 0.25) is 5.02 Å². The van der Waals surface area contributed by atoms with Gasteiger partial charge in [-0.25, -0.2) is 4.98 Å². The molecule has 124 valence electrons. The summed E-state index contributed by atoms with van der Waals surface area (Å²) < 4.78 is 5.04. The smallest absolute Gasteiger partial charge is 0.224 e. The van der Waals surface area contributed by atoms with Crippen molar-refractivity contribution in [3.05, 3.63) is 46.6 Å². The molecule has 5 nitrogen and oxygen atoms in total. The van der Waals surface area contributed by atoms with Gasteiger partial charge in [0.05, 0.1) is 0 Å². The lowest BCUT2D eigenvalue weighted by Crippen LogP contribution is -2.11. The van der Waals surface area contributed by atoms with Gasteiger partial charge < -0.3 is 15.4 Å². The third-order valence-electron chi connectivity index (χ3n) is 3.30. The fourth-order valence-corrected chi connectivity index (χ4v) is 2.27. The number of aromatic nitrogens is 2. The highest BCUT2D eigenvalue weighted by Gasteiger charge is 2.02. The summed E-state index contributed by atoms with van der Waals surface area (Å²) in [7, 11) is 1.71. The van der Waals surface area contributed by atoms with Crippen LogP contribution < -0.4 is 10.6 Å². The normalized spacial score (nSPS) is 10.6. The van der Waals surface area contributed by atoms with E-state index in [1.807, 2.05) is 37.3 Å². The van der Waals surface area contributed by atoms with Crippen molar-refractivity contribution < 1.29 is 4.74 Å². The van der Waals surface area contributed by atoms with Gasteiger partial charge in [-0.2, -0.15) is 4.98 Å². The van der Waals surface area contributed by atoms with Crippen LogP contribution in [0.15, 0.2) is 30.3 Å². The number of nitrogens with one attached hydrogen (secondary N) is 2. The van der Waals surface area contributed by atoms with Crippen molar-refractivity contribution in [3.63, 3.8) is 0 Å². The first-order chi connectivity index (χ1) is 11.2. The Hall–Kier alpha value is -1.85. The molecule has 0 unspecified atom stereocenters. The molecule has 2 rings (SSSR count). The van der Waals surface area contributed by atoms with E-state index in [2.05, 4.69) is 20.6 Å². The molecule has 0 saturated heterocycles. The number of anilines is 2. The fourth-order valence-electron chi connectivity index (χ4n) is 2.14. The Balaban J connectivity index is 1.84. The molecule has 0 atom stereocenters. The summed E-state index contributed by atoms with van der Waals surface area (Å²) >= 11 is 5.89. The summed E-state index contributed by atoms with van der Waals surface area (Å²) in [4.78, 5) is 8.90. The van der Waals surface area contributed by atoms with E-state index in [1.165, 1.54) is 5.56 Å². The average Bonchev–Trinajstić information content (AvgIpc) is 2.53. The van der Waals surface area contributed by atoms with Crippen molar-refractivity contribution in [2.45, 2.75) is 19.8 Å². The standard InChI is InChI=1S/C17H23ClN4O/c1-13-12-16(19-9-3-11-23-2)22-17(21-13)20-10-8-14-4-6-15(18)7-5-14/h4-7,12H,3,8-11H2,1-2H3,(H2,19,20,21,22). The van der Waals surface area contributed by atoms with Crippen molar-refractivity contribution in [3.8, 4) is 0 Å². The molecule has 6 heteroatoms. The monoisotopic (exact) mass is 334 g/mol. The molecule has 2 aromatic rings. The SMILES string of the molecule is COCCCNc1cc(C)nc(NCCc2ccc(Cl)cc2)n1. The molecule has 0 amide bonds. The second kappa shape index (κ2) is 9.33. The molecule has 2 N–H and O–H groups in total. The summed E-state index contributed by atoms with van der Waals surface area (Å²) in [5.41, 5.74) is 2.16. The van der Waals surface area contributed by atoms with Crippen molar-refractivity contribution in [2.75, 3.05) is 37.4 Å². The van der Waals surface area contributed by atoms with E-state index in [0.29, 0.717) is 5.95 Å². The Morgan fingerprint density at radius 1 is 1.09 bits per heavy atom. The highest BCUT2D eigenvalue weighted by molar-refractivity contribution is 6.30. The predicted octanol–water partition coefficient (Wildman–Crippen LogP) is 3.54. The van der Waals surface area contributed by atoms with E-state index in [-0.39, 0.29) is 0 Å². The van der Waals surface area contributed by atoms with E-state index >= 15 is 0 Å². The topological polar surface area (TPSA) is 59.1 Å². The predicted molar refractivity (Wildman–Crippen MR) is 95.4 cm³/mol. The first-order valence-corrected chi connectivity index (χ1v) is 8.12. The van der Waals surface area contributed by atoms with Crippen LogP contribution in [-0.4, -0.2) is 36.8 Å². The molecule has 0 aliphatic rings. The van der Waals surface area contributed by atoms with Crippen LogP contribution >= 0.6 is 11.6 Å². The first-order valence-electron chi connectivity index (χ1n) is 7.74. The van der Waals surface area contributed by atoms with Crippen LogP contribution in [0.3, 0.4) is 0 Å². The van der Waals surface area contributed by atoms with Crippen molar-refractivity contribution in [1.82, 2.24) is 9.97 Å². The lowest BCUT2D eigenvalue weighted by Gasteiger charge is -2.10. The van der Waals surface area contributed by atoms with Gasteiger partial charge in [-0.15, -0.1) is 0 Å². The fraction of sp³-hybridized carbons (Fsp3) is 0.412. The van der Waals surface area contributed by atoms with Gasteiger partial charge in [0, 0.05) is 43.6 Å². The maximum absolute atomic E-state index is 5.89. The number of benzene rings is 1. The van der Waals surface area contributed by atoms with E-state index in [1.54, 1.807) is 7.11 Å². The van der Waals surface area contributed by atoms with Crippen LogP contribution in [0.5, 0.6) is 0 Å². The van der Waals surface area contributed by atoms with Crippen LogP contribution in [-0.2, 0) is 11.2 Å². The average molecular weight is 335 g/mol. The molecular weight excluding hydrogens is 312 g/mol. The highest BCUT2D eigenvalue weighted by atomic mass is 35.5. The lowest BCUT2D eigenvalue weighted by molar-refractivity contribution is 0.198. The molecule has 0 bridgehead atoms. The minimum absolute atomic E-state index is 0.646. The van der Waals surface area contributed by atoms with E-state index in [9.17, 15) is 0 Å². The van der Waals surface area contributed by atoms with Gasteiger partial charge in [0.15, 0.2) is 0 Å². The zero-order valence-corrected chi connectivity index (χ0v) is 14.4. The van der Waals surface area contributed by atoms with E-state index in [4.69, 9.17) is 16.3 Å². The third kappa shape index (κ3) is 6.42. The Morgan fingerprint density at radius 3 is 2.61 bits per heavy atom. The molecule has 1 aromatic carbocycles. The second-order valence-electron chi connectivity index (χ2n) is 5.29. The van der Waals surface area contributed by atoms with Crippen molar-refractivity contribution in [1.29, 1.82) is 0 Å². The van der Waals surface area contributed by atoms with Crippen molar-refractivity contribution >= 4 is 23.4 Å². The molecular formula is C17H23ClN4O. The molecule has 0 aliphatic heterocycles. The van der Waals surface area contributed by atoms with Crippen LogP contribution in [0.4, 0.5) is 11.8 Å². The van der Waals surface area contributed by atoms with E-state index in [0.717, 1.165) is 49.1 Å². The highest BCUT2D eigenvalue weighted by Crippen LogP contribution is 2.12. The number of halogens is 1. The molecule has 0 saturated carbocycles. The number of ether oxygens (including phenoxy) is 1. The largest absolute Gasteiger partial charge is 0.385 e. The first kappa shape index (κ1) is 17.5. The Bertz CT molecular complexity index is 604. The number of rotatable bonds is 9.